The third-order valence-electron chi connectivity index (χ3n) is 7.22. The van der Waals surface area contributed by atoms with Crippen LogP contribution in [0, 0.1) is 0 Å². The highest BCUT2D eigenvalue weighted by Gasteiger charge is 2.11. The SMILES string of the molecule is CCCCCCC/C=C\C(CCCCCCC(=O)O)OC(=O)CCCCCCCCCCCCCCC. The quantitative estimate of drug-likeness (QED) is 0.0602. The van der Waals surface area contributed by atoms with E-state index in [0.29, 0.717) is 6.42 Å². The van der Waals surface area contributed by atoms with Crippen molar-refractivity contribution < 1.29 is 19.4 Å². The van der Waals surface area contributed by atoms with Gasteiger partial charge in [0.15, 0.2) is 0 Å². The molecule has 37 heavy (non-hydrogen) atoms. The van der Waals surface area contributed by atoms with Crippen molar-refractivity contribution in [3.8, 4) is 0 Å². The Balaban J connectivity index is 3.99. The number of carbonyl (C=O) groups is 2. The third-order valence-corrected chi connectivity index (χ3v) is 7.22. The first kappa shape index (κ1) is 35.7. The number of rotatable bonds is 29. The predicted molar refractivity (Wildman–Crippen MR) is 158 cm³/mol. The van der Waals surface area contributed by atoms with Gasteiger partial charge in [0, 0.05) is 12.8 Å². The van der Waals surface area contributed by atoms with E-state index in [-0.39, 0.29) is 18.5 Å². The topological polar surface area (TPSA) is 63.6 Å². The molecule has 0 aromatic carbocycles. The minimum Gasteiger partial charge on any atom is -0.481 e. The normalized spacial score (nSPS) is 12.3. The van der Waals surface area contributed by atoms with E-state index in [0.717, 1.165) is 51.4 Å². The summed E-state index contributed by atoms with van der Waals surface area (Å²) in [4.78, 5) is 23.1. The maximum atomic E-state index is 12.5. The fourth-order valence-corrected chi connectivity index (χ4v) is 4.80. The number of hydrogen-bond acceptors (Lipinski definition) is 3. The van der Waals surface area contributed by atoms with Crippen LogP contribution in [0.25, 0.3) is 0 Å². The molecule has 0 aliphatic heterocycles. The van der Waals surface area contributed by atoms with Gasteiger partial charge in [0.2, 0.25) is 0 Å². The summed E-state index contributed by atoms with van der Waals surface area (Å²) in [5.74, 6) is -0.784. The molecule has 0 aliphatic rings. The Morgan fingerprint density at radius 3 is 1.54 bits per heavy atom. The molecule has 1 atom stereocenters. The molecule has 4 heteroatoms. The molecule has 1 N–H and O–H groups in total. The highest BCUT2D eigenvalue weighted by Crippen LogP contribution is 2.16. The molecule has 0 rings (SSSR count). The fourth-order valence-electron chi connectivity index (χ4n) is 4.80. The Labute approximate surface area is 230 Å². The fraction of sp³-hybridized carbons (Fsp3) is 0.879. The van der Waals surface area contributed by atoms with E-state index in [1.54, 1.807) is 0 Å². The molecule has 0 aromatic heterocycles. The Kier molecular flexibility index (Phi) is 28.2. The Morgan fingerprint density at radius 1 is 0.595 bits per heavy atom. The first-order valence-electron chi connectivity index (χ1n) is 16.2. The largest absolute Gasteiger partial charge is 0.481 e. The minimum atomic E-state index is -0.721. The molecule has 0 amide bonds. The van der Waals surface area contributed by atoms with Crippen LogP contribution in [0.1, 0.15) is 181 Å². The molecule has 0 fully saturated rings. The van der Waals surface area contributed by atoms with Gasteiger partial charge in [-0.2, -0.15) is 0 Å². The summed E-state index contributed by atoms with van der Waals surface area (Å²) < 4.78 is 5.83. The van der Waals surface area contributed by atoms with E-state index >= 15 is 0 Å². The monoisotopic (exact) mass is 522 g/mol. The van der Waals surface area contributed by atoms with Gasteiger partial charge >= 0.3 is 11.9 Å². The Morgan fingerprint density at radius 2 is 1.03 bits per heavy atom. The van der Waals surface area contributed by atoms with Gasteiger partial charge in [0.25, 0.3) is 0 Å². The lowest BCUT2D eigenvalue weighted by Gasteiger charge is -2.15. The van der Waals surface area contributed by atoms with E-state index in [1.165, 1.54) is 103 Å². The van der Waals surface area contributed by atoms with Crippen molar-refractivity contribution in [1.82, 2.24) is 0 Å². The van der Waals surface area contributed by atoms with E-state index in [2.05, 4.69) is 26.0 Å². The van der Waals surface area contributed by atoms with Crippen molar-refractivity contribution in [3.63, 3.8) is 0 Å². The maximum Gasteiger partial charge on any atom is 0.306 e. The highest BCUT2D eigenvalue weighted by molar-refractivity contribution is 5.69. The highest BCUT2D eigenvalue weighted by atomic mass is 16.5. The zero-order chi connectivity index (χ0) is 27.2. The standard InChI is InChI=1S/C33H62O4/c1-3-5-7-9-11-12-13-14-15-16-18-20-26-30-33(36)37-31(27-23-19-17-10-8-6-4-2)28-24-21-22-25-29-32(34)35/h23,27,31H,3-22,24-26,28-30H2,1-2H3,(H,34,35)/b27-23-. The molecule has 1 unspecified atom stereocenters. The van der Waals surface area contributed by atoms with E-state index in [9.17, 15) is 9.59 Å². The number of carbonyl (C=O) groups excluding carboxylic acids is 1. The summed E-state index contributed by atoms with van der Waals surface area (Å²) in [6.07, 6.45) is 33.7. The van der Waals surface area contributed by atoms with Crippen LogP contribution in [-0.4, -0.2) is 23.1 Å². The number of carboxylic acids is 1. The van der Waals surface area contributed by atoms with Crippen LogP contribution in [0.5, 0.6) is 0 Å². The van der Waals surface area contributed by atoms with Crippen LogP contribution in [0.3, 0.4) is 0 Å². The number of carboxylic acid groups (broad SMARTS) is 1. The molecule has 0 spiro atoms. The van der Waals surface area contributed by atoms with Gasteiger partial charge in [0.05, 0.1) is 0 Å². The lowest BCUT2D eigenvalue weighted by atomic mass is 10.0. The van der Waals surface area contributed by atoms with Gasteiger partial charge < -0.3 is 9.84 Å². The summed E-state index contributed by atoms with van der Waals surface area (Å²) in [7, 11) is 0. The van der Waals surface area contributed by atoms with Gasteiger partial charge in [0.1, 0.15) is 6.10 Å². The van der Waals surface area contributed by atoms with Gasteiger partial charge in [-0.3, -0.25) is 9.59 Å². The van der Waals surface area contributed by atoms with Crippen molar-refractivity contribution in [1.29, 1.82) is 0 Å². The van der Waals surface area contributed by atoms with Crippen LogP contribution in [0.4, 0.5) is 0 Å². The van der Waals surface area contributed by atoms with Crippen LogP contribution >= 0.6 is 0 Å². The number of aliphatic carboxylic acids is 1. The first-order chi connectivity index (χ1) is 18.1. The molecule has 0 aromatic rings. The zero-order valence-corrected chi connectivity index (χ0v) is 24.8. The van der Waals surface area contributed by atoms with E-state index in [4.69, 9.17) is 9.84 Å². The number of hydrogen-bond donors (Lipinski definition) is 1. The van der Waals surface area contributed by atoms with Gasteiger partial charge in [-0.15, -0.1) is 0 Å². The molecule has 0 heterocycles. The maximum absolute atomic E-state index is 12.5. The lowest BCUT2D eigenvalue weighted by Crippen LogP contribution is -2.16. The molecule has 4 nitrogen and oxygen atoms in total. The second-order valence-electron chi connectivity index (χ2n) is 11.0. The lowest BCUT2D eigenvalue weighted by molar-refractivity contribution is -0.147. The zero-order valence-electron chi connectivity index (χ0n) is 24.8. The number of unbranched alkanes of at least 4 members (excludes halogenated alkanes) is 20. The second kappa shape index (κ2) is 29.2. The molecule has 0 bridgehead atoms. The van der Waals surface area contributed by atoms with Crippen molar-refractivity contribution in [2.75, 3.05) is 0 Å². The van der Waals surface area contributed by atoms with Gasteiger partial charge in [-0.25, -0.2) is 0 Å². The van der Waals surface area contributed by atoms with Crippen molar-refractivity contribution in [3.05, 3.63) is 12.2 Å². The molecule has 0 aliphatic carbocycles. The average molecular weight is 523 g/mol. The molecule has 0 saturated heterocycles. The summed E-state index contributed by atoms with van der Waals surface area (Å²) in [5, 5.41) is 8.77. The number of allylic oxidation sites excluding steroid dienone is 1. The first-order valence-corrected chi connectivity index (χ1v) is 16.2. The summed E-state index contributed by atoms with van der Waals surface area (Å²) in [6.45, 7) is 4.51. The van der Waals surface area contributed by atoms with Gasteiger partial charge in [-0.05, 0) is 44.6 Å². The molecule has 0 saturated carbocycles. The van der Waals surface area contributed by atoms with Crippen LogP contribution in [0.2, 0.25) is 0 Å². The van der Waals surface area contributed by atoms with Crippen molar-refractivity contribution in [2.24, 2.45) is 0 Å². The van der Waals surface area contributed by atoms with Crippen molar-refractivity contribution in [2.45, 2.75) is 187 Å². The second-order valence-corrected chi connectivity index (χ2v) is 11.0. The summed E-state index contributed by atoms with van der Waals surface area (Å²) in [6, 6.07) is 0. The van der Waals surface area contributed by atoms with Crippen LogP contribution in [-0.2, 0) is 14.3 Å². The number of ether oxygens (including phenoxy) is 1. The summed E-state index contributed by atoms with van der Waals surface area (Å²) in [5.41, 5.74) is 0. The number of esters is 1. The third kappa shape index (κ3) is 29.1. The van der Waals surface area contributed by atoms with Crippen LogP contribution in [0.15, 0.2) is 12.2 Å². The molecule has 0 radical (unpaired) electrons. The smallest absolute Gasteiger partial charge is 0.306 e. The van der Waals surface area contributed by atoms with Crippen LogP contribution < -0.4 is 0 Å². The average Bonchev–Trinajstić information content (AvgIpc) is 2.87. The summed E-state index contributed by atoms with van der Waals surface area (Å²) >= 11 is 0. The van der Waals surface area contributed by atoms with Crippen molar-refractivity contribution >= 4 is 11.9 Å². The molecule has 218 valence electrons. The predicted octanol–water partition coefficient (Wildman–Crippen LogP) is 10.7. The van der Waals surface area contributed by atoms with Gasteiger partial charge in [-0.1, -0.05) is 135 Å². The Hall–Kier alpha value is -1.32. The molecular weight excluding hydrogens is 460 g/mol. The Bertz CT molecular complexity index is 528. The molecular formula is C33H62O4. The van der Waals surface area contributed by atoms with E-state index < -0.39 is 5.97 Å². The minimum absolute atomic E-state index is 0.0634. The van der Waals surface area contributed by atoms with E-state index in [1.807, 2.05) is 0 Å².